The van der Waals surface area contributed by atoms with Crippen LogP contribution in [0.5, 0.6) is 0 Å². The smallest absolute Gasteiger partial charge is 0.223 e. The summed E-state index contributed by atoms with van der Waals surface area (Å²) in [5.74, 6) is 0.274. The molecule has 2 aromatic rings. The second kappa shape index (κ2) is 7.91. The molecular weight excluding hydrogens is 284 g/mol. The average molecular weight is 308 g/mol. The molecule has 0 bridgehead atoms. The first-order chi connectivity index (χ1) is 11.3. The van der Waals surface area contributed by atoms with Crippen LogP contribution in [-0.2, 0) is 17.6 Å². The molecule has 1 aromatic heterocycles. The number of benzene rings is 1. The van der Waals surface area contributed by atoms with E-state index in [0.29, 0.717) is 12.5 Å². The molecule has 1 aromatic carbocycles. The molecule has 23 heavy (non-hydrogen) atoms. The molecule has 0 spiro atoms. The van der Waals surface area contributed by atoms with Crippen LogP contribution in [0.1, 0.15) is 36.9 Å². The second-order valence-electron chi connectivity index (χ2n) is 6.25. The second-order valence-corrected chi connectivity index (χ2v) is 6.25. The Hall–Kier alpha value is -2.16. The Kier molecular flexibility index (Phi) is 5.41. The van der Waals surface area contributed by atoms with E-state index in [4.69, 9.17) is 0 Å². The molecule has 3 rings (SSSR count). The van der Waals surface area contributed by atoms with Crippen molar-refractivity contribution >= 4 is 5.91 Å². The van der Waals surface area contributed by atoms with Gasteiger partial charge in [0.25, 0.3) is 0 Å². The number of amides is 1. The van der Waals surface area contributed by atoms with E-state index < -0.39 is 0 Å². The van der Waals surface area contributed by atoms with Crippen LogP contribution >= 0.6 is 0 Å². The van der Waals surface area contributed by atoms with Crippen LogP contribution in [-0.4, -0.2) is 28.4 Å². The molecule has 3 heteroatoms. The van der Waals surface area contributed by atoms with Crippen molar-refractivity contribution in [2.45, 2.75) is 44.6 Å². The molecule has 1 amide bonds. The highest BCUT2D eigenvalue weighted by Gasteiger charge is 2.26. The van der Waals surface area contributed by atoms with Gasteiger partial charge in [-0.05, 0) is 49.8 Å². The maximum atomic E-state index is 12.7. The lowest BCUT2D eigenvalue weighted by Crippen LogP contribution is -2.45. The molecule has 2 heterocycles. The van der Waals surface area contributed by atoms with Crippen LogP contribution in [0, 0.1) is 0 Å². The van der Waals surface area contributed by atoms with Crippen molar-refractivity contribution in [2.24, 2.45) is 0 Å². The Bertz CT molecular complexity index is 612. The van der Waals surface area contributed by atoms with Gasteiger partial charge in [0, 0.05) is 30.9 Å². The van der Waals surface area contributed by atoms with Gasteiger partial charge in [0.15, 0.2) is 0 Å². The number of likely N-dealkylation sites (tertiary alicyclic amines) is 1. The van der Waals surface area contributed by atoms with Gasteiger partial charge in [-0.2, -0.15) is 0 Å². The number of hydrogen-bond acceptors (Lipinski definition) is 2. The van der Waals surface area contributed by atoms with Crippen LogP contribution in [0.3, 0.4) is 0 Å². The van der Waals surface area contributed by atoms with Crippen LogP contribution in [0.2, 0.25) is 0 Å². The molecule has 1 aliphatic rings. The maximum Gasteiger partial charge on any atom is 0.223 e. The lowest BCUT2D eigenvalue weighted by molar-refractivity contribution is -0.134. The SMILES string of the molecule is O=C(CCc1ccccn1)N1CCCC[C@H]1Cc1ccccc1. The van der Waals surface area contributed by atoms with E-state index in [1.165, 1.54) is 12.0 Å². The summed E-state index contributed by atoms with van der Waals surface area (Å²) in [7, 11) is 0. The van der Waals surface area contributed by atoms with Crippen molar-refractivity contribution in [1.82, 2.24) is 9.88 Å². The summed E-state index contributed by atoms with van der Waals surface area (Å²) in [6.07, 6.45) is 7.51. The van der Waals surface area contributed by atoms with Crippen molar-refractivity contribution in [3.63, 3.8) is 0 Å². The van der Waals surface area contributed by atoms with E-state index in [1.807, 2.05) is 24.3 Å². The molecule has 1 saturated heterocycles. The lowest BCUT2D eigenvalue weighted by atomic mass is 9.95. The third-order valence-electron chi connectivity index (χ3n) is 4.58. The van der Waals surface area contributed by atoms with Crippen LogP contribution in [0.4, 0.5) is 0 Å². The van der Waals surface area contributed by atoms with E-state index in [2.05, 4.69) is 34.1 Å². The zero-order valence-electron chi connectivity index (χ0n) is 13.5. The number of rotatable bonds is 5. The van der Waals surface area contributed by atoms with Gasteiger partial charge in [-0.15, -0.1) is 0 Å². The number of carbonyl (C=O) groups excluding carboxylic acids is 1. The van der Waals surface area contributed by atoms with Crippen molar-refractivity contribution in [2.75, 3.05) is 6.54 Å². The van der Waals surface area contributed by atoms with Gasteiger partial charge < -0.3 is 4.90 Å². The topological polar surface area (TPSA) is 33.2 Å². The number of aromatic nitrogens is 1. The monoisotopic (exact) mass is 308 g/mol. The minimum absolute atomic E-state index is 0.274. The minimum atomic E-state index is 0.274. The third-order valence-corrected chi connectivity index (χ3v) is 4.58. The van der Waals surface area contributed by atoms with Crippen LogP contribution < -0.4 is 0 Å². The summed E-state index contributed by atoms with van der Waals surface area (Å²) in [6.45, 7) is 0.901. The zero-order valence-corrected chi connectivity index (χ0v) is 13.5. The predicted molar refractivity (Wildman–Crippen MR) is 92.1 cm³/mol. The highest BCUT2D eigenvalue weighted by atomic mass is 16.2. The summed E-state index contributed by atoms with van der Waals surface area (Å²) < 4.78 is 0. The summed E-state index contributed by atoms with van der Waals surface area (Å²) >= 11 is 0. The molecule has 0 unspecified atom stereocenters. The molecule has 0 aliphatic carbocycles. The molecule has 1 fully saturated rings. The van der Waals surface area contributed by atoms with Gasteiger partial charge >= 0.3 is 0 Å². The van der Waals surface area contributed by atoms with E-state index in [-0.39, 0.29) is 5.91 Å². The fourth-order valence-corrected chi connectivity index (χ4v) is 3.35. The summed E-state index contributed by atoms with van der Waals surface area (Å²) in [5.41, 5.74) is 2.32. The highest BCUT2D eigenvalue weighted by molar-refractivity contribution is 5.77. The van der Waals surface area contributed by atoms with Gasteiger partial charge in [-0.1, -0.05) is 36.4 Å². The largest absolute Gasteiger partial charge is 0.339 e. The number of nitrogens with zero attached hydrogens (tertiary/aromatic N) is 2. The molecule has 0 saturated carbocycles. The highest BCUT2D eigenvalue weighted by Crippen LogP contribution is 2.22. The Morgan fingerprint density at radius 2 is 1.91 bits per heavy atom. The maximum absolute atomic E-state index is 12.7. The molecule has 3 nitrogen and oxygen atoms in total. The number of carbonyl (C=O) groups is 1. The van der Waals surface area contributed by atoms with E-state index >= 15 is 0 Å². The Morgan fingerprint density at radius 3 is 2.70 bits per heavy atom. The molecular formula is C20H24N2O. The number of aryl methyl sites for hydroxylation is 1. The van der Waals surface area contributed by atoms with Gasteiger partial charge in [0.1, 0.15) is 0 Å². The van der Waals surface area contributed by atoms with E-state index in [9.17, 15) is 4.79 Å². The first-order valence-corrected chi connectivity index (χ1v) is 8.56. The Labute approximate surface area is 138 Å². The number of pyridine rings is 1. The molecule has 1 aliphatic heterocycles. The van der Waals surface area contributed by atoms with Crippen LogP contribution in [0.25, 0.3) is 0 Å². The first kappa shape index (κ1) is 15.7. The summed E-state index contributed by atoms with van der Waals surface area (Å²) in [5, 5.41) is 0. The first-order valence-electron chi connectivity index (χ1n) is 8.56. The molecule has 1 atom stereocenters. The van der Waals surface area contributed by atoms with E-state index in [0.717, 1.165) is 37.9 Å². The van der Waals surface area contributed by atoms with Crippen molar-refractivity contribution in [3.8, 4) is 0 Å². The van der Waals surface area contributed by atoms with Crippen molar-refractivity contribution in [3.05, 3.63) is 66.0 Å². The number of hydrogen-bond donors (Lipinski definition) is 0. The fraction of sp³-hybridized carbons (Fsp3) is 0.400. The van der Waals surface area contributed by atoms with Gasteiger partial charge in [0.2, 0.25) is 5.91 Å². The van der Waals surface area contributed by atoms with Crippen molar-refractivity contribution in [1.29, 1.82) is 0 Å². The van der Waals surface area contributed by atoms with Gasteiger partial charge in [-0.25, -0.2) is 0 Å². The molecule has 0 N–H and O–H groups in total. The Morgan fingerprint density at radius 1 is 1.09 bits per heavy atom. The van der Waals surface area contributed by atoms with Gasteiger partial charge in [0.05, 0.1) is 0 Å². The molecule has 0 radical (unpaired) electrons. The predicted octanol–water partition coefficient (Wildman–Crippen LogP) is 3.64. The van der Waals surface area contributed by atoms with E-state index in [1.54, 1.807) is 6.20 Å². The third kappa shape index (κ3) is 4.41. The standard InChI is InChI=1S/C20H24N2O/c23-20(13-12-18-10-4-6-14-21-18)22-15-7-5-11-19(22)16-17-8-2-1-3-9-17/h1-4,6,8-10,14,19H,5,7,11-13,15-16H2/t19-/m0/s1. The summed E-state index contributed by atoms with van der Waals surface area (Å²) in [6, 6.07) is 16.7. The average Bonchev–Trinajstić information content (AvgIpc) is 2.62. The summed E-state index contributed by atoms with van der Waals surface area (Å²) in [4.78, 5) is 19.1. The fourth-order valence-electron chi connectivity index (χ4n) is 3.35. The lowest BCUT2D eigenvalue weighted by Gasteiger charge is -2.36. The van der Waals surface area contributed by atoms with Crippen LogP contribution in [0.15, 0.2) is 54.7 Å². The number of piperidine rings is 1. The quantitative estimate of drug-likeness (QED) is 0.845. The normalized spacial score (nSPS) is 17.9. The van der Waals surface area contributed by atoms with Gasteiger partial charge in [-0.3, -0.25) is 9.78 Å². The minimum Gasteiger partial charge on any atom is -0.339 e. The zero-order chi connectivity index (χ0) is 15.9. The Balaban J connectivity index is 1.60. The molecule has 120 valence electrons. The van der Waals surface area contributed by atoms with Crippen molar-refractivity contribution < 1.29 is 4.79 Å².